The molecule has 0 aliphatic rings. The van der Waals surface area contributed by atoms with Crippen molar-refractivity contribution in [3.63, 3.8) is 0 Å². The molecule has 0 fully saturated rings. The summed E-state index contributed by atoms with van der Waals surface area (Å²) >= 11 is 2.26. The molecule has 3 nitrogen and oxygen atoms in total. The Morgan fingerprint density at radius 1 is 1.35 bits per heavy atom. The zero-order chi connectivity index (χ0) is 13.2. The molecule has 0 saturated heterocycles. The SMILES string of the molecule is CC(c1ccc(I)cc1)N(C)C(C)(C)C(=O)O. The van der Waals surface area contributed by atoms with Crippen molar-refractivity contribution in [2.45, 2.75) is 32.4 Å². The number of nitrogens with zero attached hydrogens (tertiary/aromatic N) is 1. The van der Waals surface area contributed by atoms with E-state index in [0.717, 1.165) is 5.56 Å². The molecule has 1 aromatic rings. The lowest BCUT2D eigenvalue weighted by molar-refractivity contribution is -0.149. The Hall–Kier alpha value is -0.620. The lowest BCUT2D eigenvalue weighted by Crippen LogP contribution is -2.48. The van der Waals surface area contributed by atoms with Gasteiger partial charge in [0.05, 0.1) is 0 Å². The zero-order valence-corrected chi connectivity index (χ0v) is 12.7. The van der Waals surface area contributed by atoms with Gasteiger partial charge in [0.25, 0.3) is 0 Å². The minimum Gasteiger partial charge on any atom is -0.480 e. The van der Waals surface area contributed by atoms with E-state index in [0.29, 0.717) is 0 Å². The first-order valence-electron chi connectivity index (χ1n) is 5.48. The van der Waals surface area contributed by atoms with Gasteiger partial charge in [-0.2, -0.15) is 0 Å². The van der Waals surface area contributed by atoms with Crippen LogP contribution in [0.4, 0.5) is 0 Å². The first kappa shape index (κ1) is 14.4. The van der Waals surface area contributed by atoms with E-state index in [1.54, 1.807) is 13.8 Å². The highest BCUT2D eigenvalue weighted by Gasteiger charge is 2.35. The molecule has 0 heterocycles. The van der Waals surface area contributed by atoms with Gasteiger partial charge < -0.3 is 5.11 Å². The lowest BCUT2D eigenvalue weighted by Gasteiger charge is -2.36. The minimum atomic E-state index is -0.873. The molecule has 1 atom stereocenters. The lowest BCUT2D eigenvalue weighted by atomic mass is 9.98. The third-order valence-corrected chi connectivity index (χ3v) is 4.06. The largest absolute Gasteiger partial charge is 0.480 e. The Kier molecular flexibility index (Phi) is 4.55. The van der Waals surface area contributed by atoms with Crippen molar-refractivity contribution in [2.24, 2.45) is 0 Å². The number of rotatable bonds is 4. The Morgan fingerprint density at radius 2 is 1.82 bits per heavy atom. The molecule has 0 radical (unpaired) electrons. The molecule has 1 unspecified atom stereocenters. The summed E-state index contributed by atoms with van der Waals surface area (Å²) in [5.41, 5.74) is 0.254. The van der Waals surface area contributed by atoms with Gasteiger partial charge in [0, 0.05) is 9.61 Å². The molecule has 4 heteroatoms. The molecule has 0 aliphatic heterocycles. The van der Waals surface area contributed by atoms with Gasteiger partial charge in [-0.1, -0.05) is 12.1 Å². The van der Waals surface area contributed by atoms with Crippen molar-refractivity contribution in [2.75, 3.05) is 7.05 Å². The third-order valence-electron chi connectivity index (χ3n) is 3.34. The fraction of sp³-hybridized carbons (Fsp3) is 0.462. The Bertz CT molecular complexity index is 400. The van der Waals surface area contributed by atoms with E-state index in [1.165, 1.54) is 3.57 Å². The van der Waals surface area contributed by atoms with E-state index in [9.17, 15) is 9.90 Å². The van der Waals surface area contributed by atoms with E-state index >= 15 is 0 Å². The van der Waals surface area contributed by atoms with E-state index in [1.807, 2.05) is 43.1 Å². The van der Waals surface area contributed by atoms with Gasteiger partial charge in [0.1, 0.15) is 5.54 Å². The summed E-state index contributed by atoms with van der Waals surface area (Å²) in [6.45, 7) is 5.46. The van der Waals surface area contributed by atoms with Gasteiger partial charge >= 0.3 is 5.97 Å². The fourth-order valence-electron chi connectivity index (χ4n) is 1.60. The van der Waals surface area contributed by atoms with Gasteiger partial charge in [-0.05, 0) is 68.1 Å². The average Bonchev–Trinajstić information content (AvgIpc) is 2.27. The molecule has 0 aliphatic carbocycles. The van der Waals surface area contributed by atoms with Crippen molar-refractivity contribution in [3.8, 4) is 0 Å². The minimum absolute atomic E-state index is 0.0677. The van der Waals surface area contributed by atoms with E-state index in [2.05, 4.69) is 22.6 Å². The molecule has 17 heavy (non-hydrogen) atoms. The van der Waals surface area contributed by atoms with Crippen LogP contribution >= 0.6 is 22.6 Å². The molecule has 94 valence electrons. The van der Waals surface area contributed by atoms with Crippen molar-refractivity contribution < 1.29 is 9.90 Å². The van der Waals surface area contributed by atoms with Crippen LogP contribution in [0.1, 0.15) is 32.4 Å². The van der Waals surface area contributed by atoms with Gasteiger partial charge in [-0.3, -0.25) is 9.69 Å². The van der Waals surface area contributed by atoms with Crippen LogP contribution < -0.4 is 0 Å². The number of benzene rings is 1. The molecular formula is C13H18INO2. The second-order valence-corrected chi connectivity index (χ2v) is 5.95. The average molecular weight is 347 g/mol. The molecule has 0 aromatic heterocycles. The maximum absolute atomic E-state index is 11.2. The predicted molar refractivity (Wildman–Crippen MR) is 77.1 cm³/mol. The number of hydrogen-bond acceptors (Lipinski definition) is 2. The Morgan fingerprint density at radius 3 is 2.24 bits per heavy atom. The fourth-order valence-corrected chi connectivity index (χ4v) is 1.96. The van der Waals surface area contributed by atoms with Gasteiger partial charge in [-0.15, -0.1) is 0 Å². The molecule has 0 saturated carbocycles. The third kappa shape index (κ3) is 3.19. The standard InChI is InChI=1S/C13H18INO2/c1-9(10-5-7-11(14)8-6-10)15(4)13(2,3)12(16)17/h5-9H,1-4H3,(H,16,17). The second-order valence-electron chi connectivity index (χ2n) is 4.70. The van der Waals surface area contributed by atoms with Crippen molar-refractivity contribution >= 4 is 28.6 Å². The number of likely N-dealkylation sites (N-methyl/N-ethyl adjacent to an activating group) is 1. The summed E-state index contributed by atoms with van der Waals surface area (Å²) in [4.78, 5) is 13.1. The highest BCUT2D eigenvalue weighted by atomic mass is 127. The molecule has 1 rings (SSSR count). The van der Waals surface area contributed by atoms with Crippen molar-refractivity contribution in [1.82, 2.24) is 4.90 Å². The summed E-state index contributed by atoms with van der Waals surface area (Å²) < 4.78 is 1.18. The van der Waals surface area contributed by atoms with Gasteiger partial charge in [-0.25, -0.2) is 0 Å². The highest BCUT2D eigenvalue weighted by Crippen LogP contribution is 2.26. The van der Waals surface area contributed by atoms with E-state index in [4.69, 9.17) is 0 Å². The van der Waals surface area contributed by atoms with E-state index < -0.39 is 11.5 Å². The van der Waals surface area contributed by atoms with Crippen molar-refractivity contribution in [1.29, 1.82) is 0 Å². The molecule has 0 bridgehead atoms. The summed E-state index contributed by atoms with van der Waals surface area (Å²) in [7, 11) is 1.84. The second kappa shape index (κ2) is 5.35. The van der Waals surface area contributed by atoms with Crippen LogP contribution in [0.25, 0.3) is 0 Å². The molecule has 1 N–H and O–H groups in total. The predicted octanol–water partition coefficient (Wildman–Crippen LogP) is 3.15. The summed E-state index contributed by atoms with van der Waals surface area (Å²) in [5, 5.41) is 9.21. The maximum Gasteiger partial charge on any atom is 0.323 e. The number of carbonyl (C=O) groups is 1. The monoisotopic (exact) mass is 347 g/mol. The van der Waals surface area contributed by atoms with Crippen LogP contribution in [-0.2, 0) is 4.79 Å². The maximum atomic E-state index is 11.2. The topological polar surface area (TPSA) is 40.5 Å². The van der Waals surface area contributed by atoms with Crippen LogP contribution in [0.2, 0.25) is 0 Å². The number of hydrogen-bond donors (Lipinski definition) is 1. The van der Waals surface area contributed by atoms with Gasteiger partial charge in [0.2, 0.25) is 0 Å². The number of aliphatic carboxylic acids is 1. The molecule has 0 amide bonds. The summed E-state index contributed by atoms with van der Waals surface area (Å²) in [5.74, 6) is -0.808. The van der Waals surface area contributed by atoms with Gasteiger partial charge in [0.15, 0.2) is 0 Å². The smallest absolute Gasteiger partial charge is 0.323 e. The van der Waals surface area contributed by atoms with Crippen molar-refractivity contribution in [3.05, 3.63) is 33.4 Å². The molecular weight excluding hydrogens is 329 g/mol. The Labute approximate surface area is 116 Å². The normalized spacial score (nSPS) is 13.8. The summed E-state index contributed by atoms with van der Waals surface area (Å²) in [6.07, 6.45) is 0. The van der Waals surface area contributed by atoms with Crippen LogP contribution in [0.5, 0.6) is 0 Å². The Balaban J connectivity index is 2.93. The van der Waals surface area contributed by atoms with Crippen LogP contribution in [0, 0.1) is 3.57 Å². The van der Waals surface area contributed by atoms with E-state index in [-0.39, 0.29) is 6.04 Å². The number of carboxylic acids is 1. The zero-order valence-electron chi connectivity index (χ0n) is 10.6. The molecule has 1 aromatic carbocycles. The van der Waals surface area contributed by atoms with Crippen LogP contribution in [0.15, 0.2) is 24.3 Å². The first-order chi connectivity index (χ1) is 7.76. The number of halogens is 1. The quantitative estimate of drug-likeness (QED) is 0.851. The summed E-state index contributed by atoms with van der Waals surface area (Å²) in [6, 6.07) is 8.22. The molecule has 0 spiro atoms. The van der Waals surface area contributed by atoms with Crippen LogP contribution in [-0.4, -0.2) is 28.6 Å². The number of carboxylic acid groups (broad SMARTS) is 1. The first-order valence-corrected chi connectivity index (χ1v) is 6.56. The van der Waals surface area contributed by atoms with Crippen LogP contribution in [0.3, 0.4) is 0 Å². The highest BCUT2D eigenvalue weighted by molar-refractivity contribution is 14.1.